The second-order valence-electron chi connectivity index (χ2n) is 4.42. The van der Waals surface area contributed by atoms with E-state index in [9.17, 15) is 4.79 Å². The van der Waals surface area contributed by atoms with E-state index in [1.807, 2.05) is 13.0 Å². The summed E-state index contributed by atoms with van der Waals surface area (Å²) in [6.07, 6.45) is 3.92. The Kier molecular flexibility index (Phi) is 2.36. The predicted molar refractivity (Wildman–Crippen MR) is 62.8 cm³/mol. The molecule has 1 fully saturated rings. The summed E-state index contributed by atoms with van der Waals surface area (Å²) in [6, 6.07) is 3.33. The fraction of sp³-hybridized carbons (Fsp3) is 0.333. The highest BCUT2D eigenvalue weighted by molar-refractivity contribution is 5.85. The first-order valence-corrected chi connectivity index (χ1v) is 5.78. The molecule has 0 spiro atoms. The molecule has 3 rings (SSSR count). The molecule has 92 valence electrons. The Morgan fingerprint density at radius 1 is 1.44 bits per heavy atom. The van der Waals surface area contributed by atoms with E-state index in [4.69, 9.17) is 5.11 Å². The van der Waals surface area contributed by atoms with E-state index < -0.39 is 5.97 Å². The van der Waals surface area contributed by atoms with E-state index >= 15 is 0 Å². The van der Waals surface area contributed by atoms with Crippen molar-refractivity contribution >= 4 is 5.97 Å². The van der Waals surface area contributed by atoms with Gasteiger partial charge in [0, 0.05) is 23.9 Å². The van der Waals surface area contributed by atoms with Crippen LogP contribution in [0.1, 0.15) is 40.8 Å². The molecule has 2 aromatic heterocycles. The van der Waals surface area contributed by atoms with Crippen molar-refractivity contribution in [2.75, 3.05) is 0 Å². The third kappa shape index (κ3) is 1.97. The summed E-state index contributed by atoms with van der Waals surface area (Å²) in [5.41, 5.74) is 1.03. The molecule has 0 saturated heterocycles. The normalized spacial score (nSPS) is 14.7. The molecule has 6 heteroatoms. The second kappa shape index (κ2) is 3.90. The van der Waals surface area contributed by atoms with Crippen LogP contribution in [0.4, 0.5) is 0 Å². The first-order valence-electron chi connectivity index (χ1n) is 5.78. The van der Waals surface area contributed by atoms with Gasteiger partial charge in [-0.2, -0.15) is 5.10 Å². The van der Waals surface area contributed by atoms with Crippen molar-refractivity contribution < 1.29 is 9.90 Å². The number of carboxylic acids is 1. The van der Waals surface area contributed by atoms with Gasteiger partial charge in [-0.25, -0.2) is 19.4 Å². The standard InChI is InChI=1S/C12H12N4O2/c1-7-13-10(8-2-3-8)6-11(14-7)16-5-4-9(15-16)12(17)18/h4-6,8H,2-3H2,1H3,(H,17,18). The van der Waals surface area contributed by atoms with Crippen LogP contribution in [-0.2, 0) is 0 Å². The van der Waals surface area contributed by atoms with E-state index in [1.54, 1.807) is 6.20 Å². The van der Waals surface area contributed by atoms with Gasteiger partial charge in [-0.15, -0.1) is 0 Å². The van der Waals surface area contributed by atoms with Gasteiger partial charge in [-0.05, 0) is 25.8 Å². The number of aryl methyl sites for hydroxylation is 1. The first-order chi connectivity index (χ1) is 8.63. The molecule has 0 amide bonds. The Morgan fingerprint density at radius 3 is 2.83 bits per heavy atom. The second-order valence-corrected chi connectivity index (χ2v) is 4.42. The van der Waals surface area contributed by atoms with Crippen LogP contribution in [0.15, 0.2) is 18.3 Å². The lowest BCUT2D eigenvalue weighted by Gasteiger charge is -2.04. The third-order valence-corrected chi connectivity index (χ3v) is 2.88. The Hall–Kier alpha value is -2.24. The van der Waals surface area contributed by atoms with Gasteiger partial charge in [0.2, 0.25) is 0 Å². The summed E-state index contributed by atoms with van der Waals surface area (Å²) in [5.74, 6) is 0.792. The minimum atomic E-state index is -1.04. The minimum absolute atomic E-state index is 0.0132. The first kappa shape index (κ1) is 10.9. The molecule has 2 heterocycles. The van der Waals surface area contributed by atoms with Crippen LogP contribution in [0, 0.1) is 6.92 Å². The van der Waals surface area contributed by atoms with E-state index in [-0.39, 0.29) is 5.69 Å². The van der Waals surface area contributed by atoms with Gasteiger partial charge in [0.15, 0.2) is 11.5 Å². The molecule has 0 bridgehead atoms. The molecular weight excluding hydrogens is 232 g/mol. The molecule has 18 heavy (non-hydrogen) atoms. The highest BCUT2D eigenvalue weighted by Gasteiger charge is 2.26. The van der Waals surface area contributed by atoms with Crippen molar-refractivity contribution in [1.82, 2.24) is 19.7 Å². The van der Waals surface area contributed by atoms with Gasteiger partial charge in [-0.1, -0.05) is 0 Å². The molecule has 0 atom stereocenters. The van der Waals surface area contributed by atoms with Crippen LogP contribution in [0.3, 0.4) is 0 Å². The number of aromatic nitrogens is 4. The van der Waals surface area contributed by atoms with Gasteiger partial charge in [-0.3, -0.25) is 0 Å². The molecule has 0 aliphatic heterocycles. The van der Waals surface area contributed by atoms with Crippen molar-refractivity contribution in [3.8, 4) is 5.82 Å². The number of carbonyl (C=O) groups is 1. The van der Waals surface area contributed by atoms with E-state index in [2.05, 4.69) is 15.1 Å². The van der Waals surface area contributed by atoms with Crippen molar-refractivity contribution in [1.29, 1.82) is 0 Å². The summed E-state index contributed by atoms with van der Waals surface area (Å²) in [7, 11) is 0. The van der Waals surface area contributed by atoms with Crippen molar-refractivity contribution in [2.45, 2.75) is 25.7 Å². The van der Waals surface area contributed by atoms with E-state index in [1.165, 1.54) is 10.7 Å². The number of nitrogens with zero attached hydrogens (tertiary/aromatic N) is 4. The topological polar surface area (TPSA) is 80.9 Å². The average molecular weight is 244 g/mol. The zero-order chi connectivity index (χ0) is 12.7. The van der Waals surface area contributed by atoms with Crippen LogP contribution < -0.4 is 0 Å². The summed E-state index contributed by atoms with van der Waals surface area (Å²) in [5, 5.41) is 12.8. The van der Waals surface area contributed by atoms with Gasteiger partial charge in [0.25, 0.3) is 0 Å². The predicted octanol–water partition coefficient (Wildman–Crippen LogP) is 1.55. The van der Waals surface area contributed by atoms with Crippen molar-refractivity contribution in [2.24, 2.45) is 0 Å². The molecule has 1 aliphatic rings. The molecule has 0 unspecified atom stereocenters. The van der Waals surface area contributed by atoms with Crippen LogP contribution in [0.25, 0.3) is 5.82 Å². The van der Waals surface area contributed by atoms with Crippen molar-refractivity contribution in [3.05, 3.63) is 35.5 Å². The van der Waals surface area contributed by atoms with Crippen LogP contribution in [0.5, 0.6) is 0 Å². The fourth-order valence-corrected chi connectivity index (χ4v) is 1.85. The maximum Gasteiger partial charge on any atom is 0.356 e. The quantitative estimate of drug-likeness (QED) is 0.885. The highest BCUT2D eigenvalue weighted by atomic mass is 16.4. The Labute approximate surface area is 103 Å². The lowest BCUT2D eigenvalue weighted by Crippen LogP contribution is -2.05. The van der Waals surface area contributed by atoms with Crippen LogP contribution in [-0.4, -0.2) is 30.8 Å². The minimum Gasteiger partial charge on any atom is -0.476 e. The maximum atomic E-state index is 10.8. The monoisotopic (exact) mass is 244 g/mol. The number of rotatable bonds is 3. The largest absolute Gasteiger partial charge is 0.476 e. The molecule has 2 aromatic rings. The third-order valence-electron chi connectivity index (χ3n) is 2.88. The van der Waals surface area contributed by atoms with Gasteiger partial charge in [0.05, 0.1) is 0 Å². The summed E-state index contributed by atoms with van der Waals surface area (Å²) in [6.45, 7) is 1.83. The lowest BCUT2D eigenvalue weighted by molar-refractivity contribution is 0.0690. The Morgan fingerprint density at radius 2 is 2.22 bits per heavy atom. The molecule has 1 N–H and O–H groups in total. The number of hydrogen-bond acceptors (Lipinski definition) is 4. The SMILES string of the molecule is Cc1nc(C2CC2)cc(-n2ccc(C(=O)O)n2)n1. The van der Waals surface area contributed by atoms with Gasteiger partial charge < -0.3 is 5.11 Å². The summed E-state index contributed by atoms with van der Waals surface area (Å²) in [4.78, 5) is 19.5. The van der Waals surface area contributed by atoms with Gasteiger partial charge in [0.1, 0.15) is 5.82 Å². The molecule has 6 nitrogen and oxygen atoms in total. The molecule has 1 saturated carbocycles. The zero-order valence-electron chi connectivity index (χ0n) is 9.87. The van der Waals surface area contributed by atoms with Gasteiger partial charge >= 0.3 is 5.97 Å². The van der Waals surface area contributed by atoms with Crippen LogP contribution >= 0.6 is 0 Å². The Balaban J connectivity index is 2.01. The fourth-order valence-electron chi connectivity index (χ4n) is 1.85. The highest BCUT2D eigenvalue weighted by Crippen LogP contribution is 2.39. The van der Waals surface area contributed by atoms with E-state index in [0.717, 1.165) is 18.5 Å². The zero-order valence-corrected chi connectivity index (χ0v) is 9.87. The molecule has 0 radical (unpaired) electrons. The van der Waals surface area contributed by atoms with Crippen LogP contribution in [0.2, 0.25) is 0 Å². The smallest absolute Gasteiger partial charge is 0.356 e. The molecular formula is C12H12N4O2. The average Bonchev–Trinajstić information content (AvgIpc) is 3.05. The molecule has 0 aromatic carbocycles. The molecule has 1 aliphatic carbocycles. The summed E-state index contributed by atoms with van der Waals surface area (Å²) < 4.78 is 1.48. The van der Waals surface area contributed by atoms with E-state index in [0.29, 0.717) is 17.6 Å². The summed E-state index contributed by atoms with van der Waals surface area (Å²) >= 11 is 0. The maximum absolute atomic E-state index is 10.8. The number of carboxylic acid groups (broad SMARTS) is 1. The lowest BCUT2D eigenvalue weighted by atomic mass is 10.3. The number of hydrogen-bond donors (Lipinski definition) is 1. The Bertz CT molecular complexity index is 616. The number of aromatic carboxylic acids is 1. The van der Waals surface area contributed by atoms with Crippen molar-refractivity contribution in [3.63, 3.8) is 0 Å².